The second-order valence-corrected chi connectivity index (χ2v) is 16.2. The van der Waals surface area contributed by atoms with Gasteiger partial charge in [0.1, 0.15) is 0 Å². The second kappa shape index (κ2) is 16.1. The smallest absolute Gasteiger partial charge is 0.205 e. The Labute approximate surface area is 376 Å². The Morgan fingerprint density at radius 3 is 1.48 bits per heavy atom. The van der Waals surface area contributed by atoms with E-state index in [4.69, 9.17) is 5.10 Å². The molecular weight excluding hydrogens is 793 g/mol. The third-order valence-electron chi connectivity index (χ3n) is 12.4. The number of hydrogen-bond acceptors (Lipinski definition) is 4. The van der Waals surface area contributed by atoms with Crippen LogP contribution in [0.1, 0.15) is 0 Å². The first kappa shape index (κ1) is 37.9. The molecule has 6 heteroatoms. The van der Waals surface area contributed by atoms with Crippen molar-refractivity contribution in [3.8, 4) is 56.1 Å². The molecule has 0 radical (unpaired) electrons. The summed E-state index contributed by atoms with van der Waals surface area (Å²) in [5, 5.41) is 18.4. The zero-order valence-corrected chi connectivity index (χ0v) is 35.3. The number of fused-ring (bicyclic) bond motifs is 4. The summed E-state index contributed by atoms with van der Waals surface area (Å²) in [5.41, 5.74) is 15.4. The van der Waals surface area contributed by atoms with Crippen LogP contribution in [0.3, 0.4) is 0 Å². The normalized spacial score (nSPS) is 11.4. The van der Waals surface area contributed by atoms with Crippen molar-refractivity contribution in [2.45, 2.75) is 0 Å². The molecule has 0 aliphatic rings. The summed E-state index contributed by atoms with van der Waals surface area (Å²) in [6.45, 7) is 0. The van der Waals surface area contributed by atoms with Crippen LogP contribution in [0.2, 0.25) is 0 Å². The number of tetrazole rings is 1. The minimum Gasteiger partial charge on any atom is -0.311 e. The van der Waals surface area contributed by atoms with E-state index in [0.29, 0.717) is 5.82 Å². The Hall–Kier alpha value is -8.87. The lowest BCUT2D eigenvalue weighted by Crippen LogP contribution is -2.10. The quantitative estimate of drug-likeness (QED) is 0.145. The van der Waals surface area contributed by atoms with Crippen LogP contribution in [-0.2, 0) is 0 Å². The van der Waals surface area contributed by atoms with E-state index in [-0.39, 0.29) is 0 Å². The van der Waals surface area contributed by atoms with Gasteiger partial charge in [-0.3, -0.25) is 0 Å². The molecule has 0 N–H and O–H groups in total. The molecule has 0 atom stereocenters. The maximum atomic E-state index is 4.72. The number of aromatic nitrogens is 5. The van der Waals surface area contributed by atoms with E-state index in [1.54, 1.807) is 4.80 Å². The lowest BCUT2D eigenvalue weighted by Gasteiger charge is -2.26. The Morgan fingerprint density at radius 2 is 0.846 bits per heavy atom. The molecule has 0 saturated heterocycles. The first-order chi connectivity index (χ1) is 32.2. The highest BCUT2D eigenvalue weighted by Gasteiger charge is 2.18. The molecule has 10 aromatic carbocycles. The van der Waals surface area contributed by atoms with Crippen molar-refractivity contribution in [3.05, 3.63) is 243 Å². The highest BCUT2D eigenvalue weighted by atomic mass is 15.6. The number of anilines is 3. The van der Waals surface area contributed by atoms with Crippen molar-refractivity contribution >= 4 is 49.6 Å². The number of para-hydroxylation sites is 2. The number of hydrogen-bond donors (Lipinski definition) is 0. The predicted molar refractivity (Wildman–Crippen MR) is 267 cm³/mol. The molecule has 2 aromatic heterocycles. The second-order valence-electron chi connectivity index (χ2n) is 16.2. The van der Waals surface area contributed by atoms with Gasteiger partial charge in [-0.25, -0.2) is 0 Å². The largest absolute Gasteiger partial charge is 0.311 e. The van der Waals surface area contributed by atoms with Crippen LogP contribution in [0.5, 0.6) is 0 Å². The van der Waals surface area contributed by atoms with Crippen LogP contribution < -0.4 is 4.90 Å². The van der Waals surface area contributed by atoms with Crippen molar-refractivity contribution in [2.24, 2.45) is 0 Å². The highest BCUT2D eigenvalue weighted by molar-refractivity contribution is 6.09. The molecule has 6 nitrogen and oxygen atoms in total. The van der Waals surface area contributed by atoms with Crippen LogP contribution in [0.25, 0.3) is 88.7 Å². The van der Waals surface area contributed by atoms with Crippen molar-refractivity contribution in [1.82, 2.24) is 24.8 Å². The average Bonchev–Trinajstić information content (AvgIpc) is 4.02. The fourth-order valence-electron chi connectivity index (χ4n) is 9.27. The summed E-state index contributed by atoms with van der Waals surface area (Å²) >= 11 is 0. The minimum absolute atomic E-state index is 0.589. The summed E-state index contributed by atoms with van der Waals surface area (Å²) < 4.78 is 2.37. The van der Waals surface area contributed by atoms with E-state index < -0.39 is 0 Å². The molecular formula is C59H40N6. The fourth-order valence-corrected chi connectivity index (χ4v) is 9.27. The third kappa shape index (κ3) is 6.90. The number of nitrogens with zero attached hydrogens (tertiary/aromatic N) is 6. The van der Waals surface area contributed by atoms with Gasteiger partial charge in [-0.1, -0.05) is 170 Å². The molecule has 0 unspecified atom stereocenters. The summed E-state index contributed by atoms with van der Waals surface area (Å²) in [5.74, 6) is 0.589. The average molecular weight is 833 g/mol. The first-order valence-corrected chi connectivity index (χ1v) is 21.9. The van der Waals surface area contributed by atoms with E-state index in [1.807, 2.05) is 36.4 Å². The summed E-state index contributed by atoms with van der Waals surface area (Å²) in [4.78, 5) is 3.95. The predicted octanol–water partition coefficient (Wildman–Crippen LogP) is 15.1. The maximum Gasteiger partial charge on any atom is 0.205 e. The SMILES string of the molecule is c1ccc(-c2ccc(N(c3ccc(-c4cccc5cccc(-c6cccc(-n7nnc(-c8ccccc8)n7)c6)c45)cc3)c3ccc(-n4c5ccccc5c5ccccc54)cc3)cc2)cc1. The van der Waals surface area contributed by atoms with Gasteiger partial charge < -0.3 is 9.47 Å². The molecule has 65 heavy (non-hydrogen) atoms. The van der Waals surface area contributed by atoms with Gasteiger partial charge in [0, 0.05) is 39.1 Å². The van der Waals surface area contributed by atoms with Gasteiger partial charge >= 0.3 is 0 Å². The van der Waals surface area contributed by atoms with Crippen molar-refractivity contribution in [3.63, 3.8) is 0 Å². The van der Waals surface area contributed by atoms with Gasteiger partial charge in [0.2, 0.25) is 5.82 Å². The van der Waals surface area contributed by atoms with E-state index in [0.717, 1.165) is 56.3 Å². The zero-order valence-electron chi connectivity index (χ0n) is 35.3. The molecule has 2 heterocycles. The van der Waals surface area contributed by atoms with Crippen LogP contribution >= 0.6 is 0 Å². The molecule has 306 valence electrons. The van der Waals surface area contributed by atoms with Crippen LogP contribution in [0, 0.1) is 0 Å². The molecule has 0 spiro atoms. The lowest BCUT2D eigenvalue weighted by atomic mass is 9.91. The minimum atomic E-state index is 0.589. The molecule has 12 aromatic rings. The zero-order chi connectivity index (χ0) is 43.1. The lowest BCUT2D eigenvalue weighted by molar-refractivity contribution is 0.720. The van der Waals surface area contributed by atoms with Gasteiger partial charge in [0.15, 0.2) is 0 Å². The van der Waals surface area contributed by atoms with E-state index in [2.05, 4.69) is 226 Å². The van der Waals surface area contributed by atoms with Gasteiger partial charge in [-0.05, 0) is 122 Å². The number of rotatable bonds is 9. The van der Waals surface area contributed by atoms with Crippen LogP contribution in [-0.4, -0.2) is 24.8 Å². The van der Waals surface area contributed by atoms with Gasteiger partial charge in [0.05, 0.1) is 16.7 Å². The Balaban J connectivity index is 0.925. The summed E-state index contributed by atoms with van der Waals surface area (Å²) in [7, 11) is 0. The van der Waals surface area contributed by atoms with Crippen LogP contribution in [0.15, 0.2) is 243 Å². The molecule has 12 rings (SSSR count). The van der Waals surface area contributed by atoms with Gasteiger partial charge in [-0.2, -0.15) is 0 Å². The van der Waals surface area contributed by atoms with Crippen molar-refractivity contribution in [2.75, 3.05) is 4.90 Å². The molecule has 0 fully saturated rings. The Morgan fingerprint density at radius 1 is 0.354 bits per heavy atom. The van der Waals surface area contributed by atoms with Crippen molar-refractivity contribution in [1.29, 1.82) is 0 Å². The Bertz CT molecular complexity index is 3570. The summed E-state index contributed by atoms with van der Waals surface area (Å²) in [6.07, 6.45) is 0. The summed E-state index contributed by atoms with van der Waals surface area (Å²) in [6, 6.07) is 86.0. The van der Waals surface area contributed by atoms with Gasteiger partial charge in [0.25, 0.3) is 0 Å². The molecule has 0 bridgehead atoms. The molecule has 0 amide bonds. The molecule has 0 aliphatic heterocycles. The van der Waals surface area contributed by atoms with Crippen molar-refractivity contribution < 1.29 is 0 Å². The third-order valence-corrected chi connectivity index (χ3v) is 12.4. The monoisotopic (exact) mass is 832 g/mol. The number of benzene rings is 10. The maximum absolute atomic E-state index is 4.72. The van der Waals surface area contributed by atoms with E-state index >= 15 is 0 Å². The van der Waals surface area contributed by atoms with E-state index in [9.17, 15) is 0 Å². The van der Waals surface area contributed by atoms with Gasteiger partial charge in [-0.15, -0.1) is 15.0 Å². The topological polar surface area (TPSA) is 51.8 Å². The fraction of sp³-hybridized carbons (Fsp3) is 0. The molecule has 0 aliphatic carbocycles. The molecule has 0 saturated carbocycles. The highest BCUT2D eigenvalue weighted by Crippen LogP contribution is 2.41. The van der Waals surface area contributed by atoms with E-state index in [1.165, 1.54) is 43.7 Å². The van der Waals surface area contributed by atoms with Crippen LogP contribution in [0.4, 0.5) is 17.1 Å². The first-order valence-electron chi connectivity index (χ1n) is 21.9. The Kier molecular flexibility index (Phi) is 9.38. The standard InChI is InChI=1S/C59H40N6/c1-3-14-41(15-4-1)42-28-32-47(33-29-42)63(49-36-38-50(39-37-49)64-56-26-9-7-22-54(56)55-23-8-10-27-57(55)64)48-34-30-43(31-35-48)52-24-12-18-44-19-13-25-53(58(44)52)46-20-11-21-51(40-46)65-61-59(60-62-65)45-16-5-2-6-17-45/h1-40H.